The largest absolute Gasteiger partial charge is 0.386 e. The van der Waals surface area contributed by atoms with Gasteiger partial charge in [0.05, 0.1) is 54.8 Å². The molecule has 1 fully saturated rings. The maximum Gasteiger partial charge on any atom is 0.245 e. The molecule has 0 aromatic heterocycles. The van der Waals surface area contributed by atoms with Crippen LogP contribution in [0.15, 0.2) is 54.6 Å². The highest BCUT2D eigenvalue weighted by molar-refractivity contribution is 5.90. The van der Waals surface area contributed by atoms with E-state index in [1.807, 2.05) is 76.0 Å². The van der Waals surface area contributed by atoms with Gasteiger partial charge in [-0.2, -0.15) is 0 Å². The number of hydrogen-bond donors (Lipinski definition) is 3. The third kappa shape index (κ3) is 13.1. The zero-order valence-electron chi connectivity index (χ0n) is 38.1. The van der Waals surface area contributed by atoms with Crippen LogP contribution in [-0.4, -0.2) is 121 Å². The molecule has 12 nitrogen and oxygen atoms in total. The maximum absolute atomic E-state index is 14.5. The van der Waals surface area contributed by atoms with Crippen molar-refractivity contribution in [3.05, 3.63) is 71.3 Å². The van der Waals surface area contributed by atoms with Gasteiger partial charge in [-0.15, -0.1) is 0 Å². The van der Waals surface area contributed by atoms with Crippen LogP contribution in [0.2, 0.25) is 0 Å². The molecular formula is C47H75N5O7. The first kappa shape index (κ1) is 49.5. The number of aliphatic hydroxyl groups is 1. The van der Waals surface area contributed by atoms with Crippen molar-refractivity contribution in [2.24, 2.45) is 23.7 Å². The summed E-state index contributed by atoms with van der Waals surface area (Å²) in [5.41, 5.74) is 2.98. The highest BCUT2D eigenvalue weighted by atomic mass is 16.5. The van der Waals surface area contributed by atoms with Crippen molar-refractivity contribution in [2.75, 3.05) is 34.9 Å². The highest BCUT2D eigenvalue weighted by Crippen LogP contribution is 2.30. The summed E-state index contributed by atoms with van der Waals surface area (Å²) in [7, 11) is 6.82. The molecule has 2 aromatic carbocycles. The van der Waals surface area contributed by atoms with E-state index in [9.17, 15) is 24.3 Å². The van der Waals surface area contributed by atoms with E-state index < -0.39 is 48.4 Å². The zero-order chi connectivity index (χ0) is 44.1. The minimum atomic E-state index is -0.882. The lowest BCUT2D eigenvalue weighted by Crippen LogP contribution is -2.60. The van der Waals surface area contributed by atoms with Crippen molar-refractivity contribution in [3.8, 4) is 0 Å². The SMILES string of the molecule is CC[C@H](C)[C@@H]([C@@H](CC(=O)N1CCC[C@H]1[C@H](OC)[C@@H](C)C(=O)N[C@H](C)[C@@H](O)c1ccccc1)OC)N(C)C(=O)[C@@H](NC(=O)[C@H](C(C)C)N(C)Cc1cccc(C)c1)C(C)C. The number of aliphatic hydroxyl groups excluding tert-OH is 1. The summed E-state index contributed by atoms with van der Waals surface area (Å²) in [6.45, 7) is 18.7. The Morgan fingerprint density at radius 1 is 0.881 bits per heavy atom. The van der Waals surface area contributed by atoms with Gasteiger partial charge in [0.2, 0.25) is 23.6 Å². The lowest BCUT2D eigenvalue weighted by atomic mass is 9.89. The molecular weight excluding hydrogens is 747 g/mol. The van der Waals surface area contributed by atoms with Gasteiger partial charge in [-0.1, -0.05) is 115 Å². The molecule has 1 saturated heterocycles. The number of likely N-dealkylation sites (tertiary alicyclic amines) is 1. The fourth-order valence-electron chi connectivity index (χ4n) is 8.86. The molecule has 0 unspecified atom stereocenters. The minimum absolute atomic E-state index is 0.0113. The van der Waals surface area contributed by atoms with E-state index in [1.54, 1.807) is 44.9 Å². The molecule has 1 aliphatic rings. The van der Waals surface area contributed by atoms with E-state index in [-0.39, 0.29) is 53.8 Å². The fraction of sp³-hybridized carbons (Fsp3) is 0.660. The average Bonchev–Trinajstić information content (AvgIpc) is 3.68. The minimum Gasteiger partial charge on any atom is -0.386 e. The second-order valence-corrected chi connectivity index (χ2v) is 17.6. The second-order valence-electron chi connectivity index (χ2n) is 17.6. The number of likely N-dealkylation sites (N-methyl/N-ethyl adjacent to an activating group) is 2. The van der Waals surface area contributed by atoms with Crippen LogP contribution >= 0.6 is 0 Å². The number of carbonyl (C=O) groups is 4. The van der Waals surface area contributed by atoms with Crippen LogP contribution in [-0.2, 0) is 35.2 Å². The van der Waals surface area contributed by atoms with Gasteiger partial charge in [-0.25, -0.2) is 0 Å². The van der Waals surface area contributed by atoms with Crippen LogP contribution in [0, 0.1) is 30.6 Å². The Kier molecular flexibility index (Phi) is 19.5. The Bertz CT molecular complexity index is 1640. The summed E-state index contributed by atoms with van der Waals surface area (Å²) < 4.78 is 12.0. The van der Waals surface area contributed by atoms with Gasteiger partial charge in [-0.3, -0.25) is 24.1 Å². The molecule has 1 aliphatic heterocycles. The molecule has 59 heavy (non-hydrogen) atoms. The number of nitrogens with zero attached hydrogens (tertiary/aromatic N) is 3. The number of hydrogen-bond acceptors (Lipinski definition) is 8. The van der Waals surface area contributed by atoms with Gasteiger partial charge in [0.25, 0.3) is 0 Å². The predicted octanol–water partition coefficient (Wildman–Crippen LogP) is 5.75. The molecule has 12 heteroatoms. The predicted molar refractivity (Wildman–Crippen MR) is 233 cm³/mol. The monoisotopic (exact) mass is 822 g/mol. The van der Waals surface area contributed by atoms with E-state index in [1.165, 1.54) is 0 Å². The fourth-order valence-corrected chi connectivity index (χ4v) is 8.86. The Labute approximate surface area is 354 Å². The number of ether oxygens (including phenoxy) is 2. The van der Waals surface area contributed by atoms with Crippen LogP contribution in [0.1, 0.15) is 104 Å². The summed E-state index contributed by atoms with van der Waals surface area (Å²) in [6.07, 6.45) is 0.0766. The van der Waals surface area contributed by atoms with Crippen molar-refractivity contribution in [3.63, 3.8) is 0 Å². The summed E-state index contributed by atoms with van der Waals surface area (Å²) >= 11 is 0. The molecule has 0 aliphatic carbocycles. The molecule has 1 heterocycles. The Balaban J connectivity index is 1.77. The molecule has 3 rings (SSSR count). The van der Waals surface area contributed by atoms with Crippen molar-refractivity contribution in [1.82, 2.24) is 25.3 Å². The molecule has 0 spiro atoms. The number of rotatable bonds is 22. The molecule has 330 valence electrons. The van der Waals surface area contributed by atoms with Crippen LogP contribution in [0.25, 0.3) is 0 Å². The second kappa shape index (κ2) is 23.2. The Morgan fingerprint density at radius 2 is 1.54 bits per heavy atom. The van der Waals surface area contributed by atoms with Crippen molar-refractivity contribution in [1.29, 1.82) is 0 Å². The van der Waals surface area contributed by atoms with E-state index in [4.69, 9.17) is 9.47 Å². The standard InChI is InChI=1S/C47H75N5O7/c1-14-32(7)42(51(11)47(57)40(29(2)3)49-46(56)41(30(4)5)50(10)28-35-21-18-20-31(6)26-35)38(58-12)27-39(53)52-25-19-24-37(52)44(59-13)33(8)45(55)48-34(9)43(54)36-22-16-15-17-23-36/h15-18,20-23,26,29-30,32-34,37-38,40-44,54H,14,19,24-25,27-28H2,1-13H3,(H,48,55)(H,49,56)/t32-,33+,34+,37-,38+,40-,41-,42-,43+,44+/m0/s1. The Hall–Kier alpha value is -3.84. The topological polar surface area (TPSA) is 141 Å². The summed E-state index contributed by atoms with van der Waals surface area (Å²) in [5.74, 6) is -1.71. The lowest BCUT2D eigenvalue weighted by Gasteiger charge is -2.41. The summed E-state index contributed by atoms with van der Waals surface area (Å²) in [6, 6.07) is 14.8. The van der Waals surface area contributed by atoms with Crippen LogP contribution < -0.4 is 10.6 Å². The van der Waals surface area contributed by atoms with Crippen molar-refractivity contribution < 1.29 is 33.8 Å². The molecule has 3 N–H and O–H groups in total. The van der Waals surface area contributed by atoms with Crippen LogP contribution in [0.4, 0.5) is 0 Å². The number of carbonyl (C=O) groups excluding carboxylic acids is 4. The highest BCUT2D eigenvalue weighted by Gasteiger charge is 2.43. The maximum atomic E-state index is 14.5. The van der Waals surface area contributed by atoms with Gasteiger partial charge >= 0.3 is 0 Å². The van der Waals surface area contributed by atoms with Gasteiger partial charge in [0.1, 0.15) is 6.04 Å². The summed E-state index contributed by atoms with van der Waals surface area (Å²) in [5, 5.41) is 17.0. The molecule has 0 radical (unpaired) electrons. The molecule has 2 aromatic rings. The first-order valence-electron chi connectivity index (χ1n) is 21.6. The van der Waals surface area contributed by atoms with Crippen molar-refractivity contribution >= 4 is 23.6 Å². The molecule has 10 atom stereocenters. The van der Waals surface area contributed by atoms with E-state index in [0.717, 1.165) is 24.0 Å². The third-order valence-corrected chi connectivity index (χ3v) is 12.4. The molecule has 0 bridgehead atoms. The van der Waals surface area contributed by atoms with Gasteiger partial charge in [0, 0.05) is 34.4 Å². The average molecular weight is 822 g/mol. The number of aryl methyl sites for hydroxylation is 1. The number of methoxy groups -OCH3 is 2. The van der Waals surface area contributed by atoms with Crippen LogP contribution in [0.3, 0.4) is 0 Å². The van der Waals surface area contributed by atoms with Crippen LogP contribution in [0.5, 0.6) is 0 Å². The normalized spacial score (nSPS) is 19.1. The quantitative estimate of drug-likeness (QED) is 0.137. The van der Waals surface area contributed by atoms with Crippen molar-refractivity contribution in [2.45, 2.75) is 143 Å². The van der Waals surface area contributed by atoms with Gasteiger partial charge in [-0.05, 0) is 62.6 Å². The molecule has 0 saturated carbocycles. The van der Waals surface area contributed by atoms with E-state index in [2.05, 4.69) is 49.6 Å². The van der Waals surface area contributed by atoms with Gasteiger partial charge in [0.15, 0.2) is 0 Å². The summed E-state index contributed by atoms with van der Waals surface area (Å²) in [4.78, 5) is 62.0. The van der Waals surface area contributed by atoms with E-state index in [0.29, 0.717) is 25.1 Å². The smallest absolute Gasteiger partial charge is 0.245 e. The zero-order valence-corrected chi connectivity index (χ0v) is 38.1. The number of benzene rings is 2. The third-order valence-electron chi connectivity index (χ3n) is 12.4. The van der Waals surface area contributed by atoms with E-state index >= 15 is 0 Å². The Morgan fingerprint density at radius 3 is 2.10 bits per heavy atom. The first-order chi connectivity index (χ1) is 27.9. The van der Waals surface area contributed by atoms with Gasteiger partial charge < -0.3 is 35.0 Å². The number of amides is 4. The number of nitrogens with one attached hydrogen (secondary N) is 2. The molecule has 4 amide bonds. The first-order valence-corrected chi connectivity index (χ1v) is 21.6. The lowest BCUT2D eigenvalue weighted by molar-refractivity contribution is -0.148.